The molecule has 1 amide bonds. The molecule has 0 bridgehead atoms. The van der Waals surface area contributed by atoms with Crippen molar-refractivity contribution in [1.29, 1.82) is 0 Å². The monoisotopic (exact) mass is 299 g/mol. The van der Waals surface area contributed by atoms with E-state index in [0.29, 0.717) is 6.42 Å². The largest absolute Gasteiger partial charge is 0.479 e. The van der Waals surface area contributed by atoms with Gasteiger partial charge in [-0.15, -0.1) is 0 Å². The topological polar surface area (TPSA) is 75.6 Å². The standard InChI is InChI=1S/C14H15F2NO4/c1-21-11(14(19)20)6-17-13(18)8-5-7(8)12-9(15)3-2-4-10(12)16/h2-4,7-8,11H,5-6H2,1H3,(H,17,18)(H,19,20). The highest BCUT2D eigenvalue weighted by Crippen LogP contribution is 2.49. The summed E-state index contributed by atoms with van der Waals surface area (Å²) in [6.07, 6.45) is -0.801. The summed E-state index contributed by atoms with van der Waals surface area (Å²) in [5.41, 5.74) is -0.0841. The second-order valence-electron chi connectivity index (χ2n) is 4.89. The van der Waals surface area contributed by atoms with Gasteiger partial charge < -0.3 is 15.2 Å². The summed E-state index contributed by atoms with van der Waals surface area (Å²) in [4.78, 5) is 22.6. The van der Waals surface area contributed by atoms with Crippen LogP contribution in [-0.4, -0.2) is 36.7 Å². The molecule has 21 heavy (non-hydrogen) atoms. The van der Waals surface area contributed by atoms with E-state index in [4.69, 9.17) is 5.11 Å². The molecule has 0 aromatic heterocycles. The molecule has 1 aliphatic carbocycles. The second kappa shape index (κ2) is 6.17. The zero-order valence-electron chi connectivity index (χ0n) is 11.3. The van der Waals surface area contributed by atoms with Crippen molar-refractivity contribution in [3.63, 3.8) is 0 Å². The molecule has 2 rings (SSSR count). The molecule has 0 heterocycles. The molecule has 7 heteroatoms. The van der Waals surface area contributed by atoms with E-state index < -0.39 is 41.5 Å². The summed E-state index contributed by atoms with van der Waals surface area (Å²) in [7, 11) is 1.22. The van der Waals surface area contributed by atoms with Crippen LogP contribution in [0.5, 0.6) is 0 Å². The molecule has 0 radical (unpaired) electrons. The third-order valence-corrected chi connectivity index (χ3v) is 3.52. The number of methoxy groups -OCH3 is 1. The van der Waals surface area contributed by atoms with Gasteiger partial charge in [-0.1, -0.05) is 6.07 Å². The van der Waals surface area contributed by atoms with Crippen molar-refractivity contribution in [3.8, 4) is 0 Å². The number of aliphatic carboxylic acids is 1. The Kier molecular flexibility index (Phi) is 4.52. The van der Waals surface area contributed by atoms with Crippen LogP contribution in [0, 0.1) is 17.6 Å². The maximum absolute atomic E-state index is 13.6. The number of hydrogen-bond donors (Lipinski definition) is 2. The Morgan fingerprint density at radius 2 is 2.05 bits per heavy atom. The average Bonchev–Trinajstić information content (AvgIpc) is 3.19. The predicted octanol–water partition coefficient (Wildman–Crippen LogP) is 1.28. The second-order valence-corrected chi connectivity index (χ2v) is 4.89. The lowest BCUT2D eigenvalue weighted by molar-refractivity contribution is -0.148. The molecule has 114 valence electrons. The molecule has 3 unspecified atom stereocenters. The van der Waals surface area contributed by atoms with Gasteiger partial charge >= 0.3 is 5.97 Å². The number of carboxylic acids is 1. The van der Waals surface area contributed by atoms with Crippen LogP contribution in [0.4, 0.5) is 8.78 Å². The molecule has 1 aliphatic rings. The fraction of sp³-hybridized carbons (Fsp3) is 0.429. The van der Waals surface area contributed by atoms with Gasteiger partial charge in [0, 0.05) is 24.5 Å². The summed E-state index contributed by atoms with van der Waals surface area (Å²) in [6, 6.07) is 3.57. The first kappa shape index (κ1) is 15.4. The molecule has 2 N–H and O–H groups in total. The summed E-state index contributed by atoms with van der Waals surface area (Å²) in [5, 5.41) is 11.2. The lowest BCUT2D eigenvalue weighted by Crippen LogP contribution is -2.38. The van der Waals surface area contributed by atoms with Crippen molar-refractivity contribution >= 4 is 11.9 Å². The summed E-state index contributed by atoms with van der Waals surface area (Å²) >= 11 is 0. The molecule has 5 nitrogen and oxygen atoms in total. The number of rotatable bonds is 6. The summed E-state index contributed by atoms with van der Waals surface area (Å²) < 4.78 is 31.8. The number of ether oxygens (including phenoxy) is 1. The lowest BCUT2D eigenvalue weighted by atomic mass is 10.1. The Morgan fingerprint density at radius 1 is 1.43 bits per heavy atom. The van der Waals surface area contributed by atoms with Crippen LogP contribution in [0.15, 0.2) is 18.2 Å². The van der Waals surface area contributed by atoms with Gasteiger partial charge in [0.25, 0.3) is 0 Å². The normalized spacial score (nSPS) is 21.7. The highest BCUT2D eigenvalue weighted by molar-refractivity contribution is 5.83. The minimum Gasteiger partial charge on any atom is -0.479 e. The third kappa shape index (κ3) is 3.36. The van der Waals surface area contributed by atoms with Crippen LogP contribution < -0.4 is 5.32 Å². The van der Waals surface area contributed by atoms with Crippen molar-refractivity contribution in [2.75, 3.05) is 13.7 Å². The van der Waals surface area contributed by atoms with E-state index in [1.165, 1.54) is 13.2 Å². The number of carbonyl (C=O) groups excluding carboxylic acids is 1. The van der Waals surface area contributed by atoms with Crippen molar-refractivity contribution in [1.82, 2.24) is 5.32 Å². The molecular weight excluding hydrogens is 284 g/mol. The molecule has 1 aromatic rings. The SMILES string of the molecule is COC(CNC(=O)C1CC1c1c(F)cccc1F)C(=O)O. The van der Waals surface area contributed by atoms with Gasteiger partial charge in [0.1, 0.15) is 11.6 Å². The van der Waals surface area contributed by atoms with Crippen LogP contribution >= 0.6 is 0 Å². The smallest absolute Gasteiger partial charge is 0.334 e. The van der Waals surface area contributed by atoms with Gasteiger partial charge in [-0.3, -0.25) is 4.79 Å². The molecule has 3 atom stereocenters. The van der Waals surface area contributed by atoms with Gasteiger partial charge in [-0.2, -0.15) is 0 Å². The maximum Gasteiger partial charge on any atom is 0.334 e. The minimum absolute atomic E-state index is 0.0841. The van der Waals surface area contributed by atoms with E-state index in [-0.39, 0.29) is 12.1 Å². The summed E-state index contributed by atoms with van der Waals surface area (Å²) in [5.74, 6) is -4.00. The average molecular weight is 299 g/mol. The highest BCUT2D eigenvalue weighted by Gasteiger charge is 2.46. The van der Waals surface area contributed by atoms with Crippen molar-refractivity contribution < 1.29 is 28.2 Å². The van der Waals surface area contributed by atoms with E-state index in [2.05, 4.69) is 10.1 Å². The number of carboxylic acid groups (broad SMARTS) is 1. The minimum atomic E-state index is -1.19. The van der Waals surface area contributed by atoms with Crippen molar-refractivity contribution in [2.45, 2.75) is 18.4 Å². The summed E-state index contributed by atoms with van der Waals surface area (Å²) in [6.45, 7) is -0.187. The maximum atomic E-state index is 13.6. The van der Waals surface area contributed by atoms with Crippen LogP contribution in [0.3, 0.4) is 0 Å². The number of nitrogens with one attached hydrogen (secondary N) is 1. The number of benzene rings is 1. The molecule has 1 saturated carbocycles. The van der Waals surface area contributed by atoms with Crippen molar-refractivity contribution in [3.05, 3.63) is 35.4 Å². The van der Waals surface area contributed by atoms with Crippen LogP contribution in [-0.2, 0) is 14.3 Å². The van der Waals surface area contributed by atoms with Gasteiger partial charge in [-0.25, -0.2) is 13.6 Å². The number of halogens is 2. The number of amides is 1. The Balaban J connectivity index is 1.94. The van der Waals surface area contributed by atoms with E-state index in [1.54, 1.807) is 0 Å². The fourth-order valence-corrected chi connectivity index (χ4v) is 2.26. The number of carbonyl (C=O) groups is 2. The van der Waals surface area contributed by atoms with Crippen LogP contribution in [0.25, 0.3) is 0 Å². The van der Waals surface area contributed by atoms with Crippen LogP contribution in [0.1, 0.15) is 17.9 Å². The molecule has 0 aliphatic heterocycles. The van der Waals surface area contributed by atoms with E-state index in [1.807, 2.05) is 0 Å². The Morgan fingerprint density at radius 3 is 2.57 bits per heavy atom. The first-order valence-corrected chi connectivity index (χ1v) is 6.43. The molecule has 0 saturated heterocycles. The molecule has 1 aromatic carbocycles. The Bertz CT molecular complexity index is 544. The first-order chi connectivity index (χ1) is 9.95. The van der Waals surface area contributed by atoms with Crippen LogP contribution in [0.2, 0.25) is 0 Å². The predicted molar refractivity (Wildman–Crippen MR) is 68.6 cm³/mol. The lowest BCUT2D eigenvalue weighted by Gasteiger charge is -2.11. The highest BCUT2D eigenvalue weighted by atomic mass is 19.1. The van der Waals surface area contributed by atoms with E-state index in [0.717, 1.165) is 12.1 Å². The van der Waals surface area contributed by atoms with Gasteiger partial charge in [0.05, 0.1) is 6.54 Å². The Labute approximate surface area is 119 Å². The first-order valence-electron chi connectivity index (χ1n) is 6.43. The van der Waals surface area contributed by atoms with Gasteiger partial charge in [0.15, 0.2) is 6.10 Å². The van der Waals surface area contributed by atoms with Crippen molar-refractivity contribution in [2.24, 2.45) is 5.92 Å². The Hall–Kier alpha value is -2.02. The fourth-order valence-electron chi connectivity index (χ4n) is 2.26. The zero-order valence-corrected chi connectivity index (χ0v) is 11.3. The van der Waals surface area contributed by atoms with Gasteiger partial charge in [0.2, 0.25) is 5.91 Å². The zero-order chi connectivity index (χ0) is 15.6. The van der Waals surface area contributed by atoms with E-state index >= 15 is 0 Å². The third-order valence-electron chi connectivity index (χ3n) is 3.52. The van der Waals surface area contributed by atoms with E-state index in [9.17, 15) is 18.4 Å². The molecule has 0 spiro atoms. The molecular formula is C14H15F2NO4. The number of hydrogen-bond acceptors (Lipinski definition) is 3. The molecule has 1 fully saturated rings. The quantitative estimate of drug-likeness (QED) is 0.830. The van der Waals surface area contributed by atoms with Gasteiger partial charge in [-0.05, 0) is 18.6 Å².